The molecule has 2 amide bonds. The van der Waals surface area contributed by atoms with Crippen molar-refractivity contribution in [3.05, 3.63) is 53.3 Å². The Labute approximate surface area is 166 Å². The Kier molecular flexibility index (Phi) is 4.96. The van der Waals surface area contributed by atoms with Crippen LogP contribution >= 0.6 is 0 Å². The van der Waals surface area contributed by atoms with E-state index in [1.54, 1.807) is 16.9 Å². The molecule has 0 aliphatic carbocycles. The highest BCUT2D eigenvalue weighted by Crippen LogP contribution is 2.46. The van der Waals surface area contributed by atoms with Gasteiger partial charge in [0.05, 0.1) is 6.04 Å². The van der Waals surface area contributed by atoms with Crippen molar-refractivity contribution in [2.45, 2.75) is 39.8 Å². The second-order valence-corrected chi connectivity index (χ2v) is 7.87. The van der Waals surface area contributed by atoms with E-state index in [1.807, 2.05) is 30.9 Å². The zero-order valence-corrected chi connectivity index (χ0v) is 16.8. The SMILES string of the molecule is CCC(=O)N1C[C@@H]2CN(C(=O)c3ccnn3CC)C[C@@H]2[C@H]1c1ccccc1C. The standard InChI is InChI=1S/C22H28N4O2/c1-4-20(27)25-13-16-12-24(22(28)19-10-11-23-26(19)5-2)14-18(16)21(25)17-9-7-6-8-15(17)3/h6-11,16,18,21H,4-5,12-14H2,1-3H3/t16-,18-,21+/m0/s1. The van der Waals surface area contributed by atoms with Crippen LogP contribution in [0.5, 0.6) is 0 Å². The molecule has 0 unspecified atom stereocenters. The minimum absolute atomic E-state index is 0.0469. The molecule has 0 bridgehead atoms. The van der Waals surface area contributed by atoms with Gasteiger partial charge in [-0.2, -0.15) is 5.10 Å². The highest BCUT2D eigenvalue weighted by atomic mass is 16.2. The molecular weight excluding hydrogens is 352 g/mol. The number of aromatic nitrogens is 2. The van der Waals surface area contributed by atoms with E-state index < -0.39 is 0 Å². The molecule has 0 saturated carbocycles. The maximum Gasteiger partial charge on any atom is 0.272 e. The fourth-order valence-electron chi connectivity index (χ4n) is 4.92. The van der Waals surface area contributed by atoms with Gasteiger partial charge < -0.3 is 9.80 Å². The number of amides is 2. The molecule has 6 heteroatoms. The van der Waals surface area contributed by atoms with Gasteiger partial charge in [0.15, 0.2) is 0 Å². The minimum atomic E-state index is 0.0469. The smallest absolute Gasteiger partial charge is 0.272 e. The Hall–Kier alpha value is -2.63. The third kappa shape index (κ3) is 3.01. The van der Waals surface area contributed by atoms with Crippen LogP contribution in [0.3, 0.4) is 0 Å². The Morgan fingerprint density at radius 3 is 2.61 bits per heavy atom. The number of hydrogen-bond donors (Lipinski definition) is 0. The van der Waals surface area contributed by atoms with Crippen LogP contribution in [0.2, 0.25) is 0 Å². The first-order valence-corrected chi connectivity index (χ1v) is 10.2. The van der Waals surface area contributed by atoms with Crippen molar-refractivity contribution in [1.29, 1.82) is 0 Å². The average Bonchev–Trinajstić information content (AvgIpc) is 3.41. The first kappa shape index (κ1) is 18.7. The number of nitrogens with zero attached hydrogens (tertiary/aromatic N) is 4. The van der Waals surface area contributed by atoms with Gasteiger partial charge in [0, 0.05) is 50.6 Å². The van der Waals surface area contributed by atoms with Crippen molar-refractivity contribution in [2.24, 2.45) is 11.8 Å². The summed E-state index contributed by atoms with van der Waals surface area (Å²) in [6.45, 7) is 8.82. The summed E-state index contributed by atoms with van der Waals surface area (Å²) in [4.78, 5) is 29.8. The van der Waals surface area contributed by atoms with E-state index in [2.05, 4.69) is 29.1 Å². The molecule has 4 rings (SSSR count). The van der Waals surface area contributed by atoms with Crippen molar-refractivity contribution in [3.8, 4) is 0 Å². The molecule has 2 aliphatic heterocycles. The summed E-state index contributed by atoms with van der Waals surface area (Å²) in [6, 6.07) is 10.2. The lowest BCUT2D eigenvalue weighted by Crippen LogP contribution is -2.38. The number of carbonyl (C=O) groups is 2. The van der Waals surface area contributed by atoms with Crippen LogP contribution in [0.1, 0.15) is 47.9 Å². The van der Waals surface area contributed by atoms with Crippen LogP contribution in [0.25, 0.3) is 0 Å². The highest BCUT2D eigenvalue weighted by Gasteiger charge is 2.50. The van der Waals surface area contributed by atoms with Gasteiger partial charge in [0.1, 0.15) is 5.69 Å². The van der Waals surface area contributed by atoms with E-state index in [0.717, 1.165) is 6.54 Å². The maximum atomic E-state index is 13.1. The predicted molar refractivity (Wildman–Crippen MR) is 107 cm³/mol. The van der Waals surface area contributed by atoms with Gasteiger partial charge in [-0.15, -0.1) is 0 Å². The van der Waals surface area contributed by atoms with E-state index in [-0.39, 0.29) is 23.8 Å². The largest absolute Gasteiger partial charge is 0.337 e. The summed E-state index contributed by atoms with van der Waals surface area (Å²) in [7, 11) is 0. The van der Waals surface area contributed by atoms with Gasteiger partial charge in [-0.25, -0.2) is 0 Å². The predicted octanol–water partition coefficient (Wildman–Crippen LogP) is 2.89. The van der Waals surface area contributed by atoms with Crippen molar-refractivity contribution >= 4 is 11.8 Å². The van der Waals surface area contributed by atoms with Crippen LogP contribution in [-0.2, 0) is 11.3 Å². The second-order valence-electron chi connectivity index (χ2n) is 7.87. The number of hydrogen-bond acceptors (Lipinski definition) is 3. The Balaban J connectivity index is 1.62. The van der Waals surface area contributed by atoms with E-state index in [4.69, 9.17) is 0 Å². The number of benzene rings is 1. The van der Waals surface area contributed by atoms with E-state index in [0.29, 0.717) is 37.7 Å². The Morgan fingerprint density at radius 1 is 1.11 bits per heavy atom. The quantitative estimate of drug-likeness (QED) is 0.819. The summed E-state index contributed by atoms with van der Waals surface area (Å²) in [5.74, 6) is 0.843. The lowest BCUT2D eigenvalue weighted by Gasteiger charge is -2.31. The van der Waals surface area contributed by atoms with Gasteiger partial charge in [0.2, 0.25) is 5.91 Å². The van der Waals surface area contributed by atoms with E-state index >= 15 is 0 Å². The molecule has 148 valence electrons. The molecule has 2 saturated heterocycles. The fraction of sp³-hybridized carbons (Fsp3) is 0.500. The maximum absolute atomic E-state index is 13.1. The monoisotopic (exact) mass is 380 g/mol. The first-order chi connectivity index (χ1) is 13.5. The molecule has 2 aromatic rings. The summed E-state index contributed by atoms with van der Waals surface area (Å²) in [6.07, 6.45) is 2.20. The number of carbonyl (C=O) groups excluding carboxylic acids is 2. The van der Waals surface area contributed by atoms with Gasteiger partial charge in [0.25, 0.3) is 5.91 Å². The average molecular weight is 380 g/mol. The minimum Gasteiger partial charge on any atom is -0.337 e. The van der Waals surface area contributed by atoms with Crippen molar-refractivity contribution in [2.75, 3.05) is 19.6 Å². The molecule has 2 aliphatic rings. The topological polar surface area (TPSA) is 58.4 Å². The van der Waals surface area contributed by atoms with Gasteiger partial charge in [-0.1, -0.05) is 31.2 Å². The fourth-order valence-corrected chi connectivity index (χ4v) is 4.92. The van der Waals surface area contributed by atoms with Crippen LogP contribution < -0.4 is 0 Å². The van der Waals surface area contributed by atoms with Crippen molar-refractivity contribution in [1.82, 2.24) is 19.6 Å². The lowest BCUT2D eigenvalue weighted by atomic mass is 9.87. The third-order valence-electron chi connectivity index (χ3n) is 6.32. The molecule has 1 aromatic carbocycles. The Morgan fingerprint density at radius 2 is 1.89 bits per heavy atom. The number of rotatable bonds is 4. The molecule has 3 heterocycles. The molecule has 0 radical (unpaired) electrons. The first-order valence-electron chi connectivity index (χ1n) is 10.2. The normalized spacial score (nSPS) is 23.9. The zero-order chi connectivity index (χ0) is 19.8. The van der Waals surface area contributed by atoms with Crippen LogP contribution in [0, 0.1) is 18.8 Å². The lowest BCUT2D eigenvalue weighted by molar-refractivity contribution is -0.132. The van der Waals surface area contributed by atoms with E-state index in [1.165, 1.54) is 11.1 Å². The molecule has 6 nitrogen and oxygen atoms in total. The summed E-state index contributed by atoms with van der Waals surface area (Å²) in [5.41, 5.74) is 3.07. The number of likely N-dealkylation sites (tertiary alicyclic amines) is 2. The molecule has 28 heavy (non-hydrogen) atoms. The third-order valence-corrected chi connectivity index (χ3v) is 6.32. The summed E-state index contributed by atoms with van der Waals surface area (Å²) >= 11 is 0. The summed E-state index contributed by atoms with van der Waals surface area (Å²) < 4.78 is 1.75. The zero-order valence-electron chi connectivity index (χ0n) is 16.8. The van der Waals surface area contributed by atoms with Gasteiger partial charge >= 0.3 is 0 Å². The van der Waals surface area contributed by atoms with Gasteiger partial charge in [-0.05, 0) is 31.0 Å². The Bertz CT molecular complexity index is 890. The van der Waals surface area contributed by atoms with E-state index in [9.17, 15) is 9.59 Å². The molecule has 0 N–H and O–H groups in total. The molecule has 3 atom stereocenters. The molecule has 1 aromatic heterocycles. The number of fused-ring (bicyclic) bond motifs is 1. The highest BCUT2D eigenvalue weighted by molar-refractivity contribution is 5.92. The summed E-state index contributed by atoms with van der Waals surface area (Å²) in [5, 5.41) is 4.24. The molecule has 0 spiro atoms. The number of aryl methyl sites for hydroxylation is 2. The molecular formula is C22H28N4O2. The van der Waals surface area contributed by atoms with Crippen LogP contribution in [0.15, 0.2) is 36.5 Å². The van der Waals surface area contributed by atoms with Crippen LogP contribution in [-0.4, -0.2) is 51.0 Å². The van der Waals surface area contributed by atoms with Crippen molar-refractivity contribution in [3.63, 3.8) is 0 Å². The van der Waals surface area contributed by atoms with Crippen LogP contribution in [0.4, 0.5) is 0 Å². The van der Waals surface area contributed by atoms with Gasteiger partial charge in [-0.3, -0.25) is 14.3 Å². The molecule has 2 fully saturated rings. The second kappa shape index (κ2) is 7.41. The van der Waals surface area contributed by atoms with Crippen molar-refractivity contribution < 1.29 is 9.59 Å².